The SMILES string of the molecule is CCOc1ccc(/C=C/C(=O)NCc2csc(-c3ccccc3)n2)cc1OC. The Labute approximate surface area is 168 Å². The third-order valence-corrected chi connectivity index (χ3v) is 4.87. The number of amides is 1. The summed E-state index contributed by atoms with van der Waals surface area (Å²) in [5.74, 6) is 1.15. The summed E-state index contributed by atoms with van der Waals surface area (Å²) in [5.41, 5.74) is 2.78. The van der Waals surface area contributed by atoms with E-state index in [0.717, 1.165) is 21.8 Å². The lowest BCUT2D eigenvalue weighted by Crippen LogP contribution is -2.20. The van der Waals surface area contributed by atoms with E-state index in [1.54, 1.807) is 24.5 Å². The Morgan fingerprint density at radius 2 is 2.00 bits per heavy atom. The van der Waals surface area contributed by atoms with E-state index in [1.807, 2.05) is 60.8 Å². The molecule has 0 spiro atoms. The summed E-state index contributed by atoms with van der Waals surface area (Å²) in [6, 6.07) is 15.5. The minimum atomic E-state index is -0.179. The van der Waals surface area contributed by atoms with E-state index in [9.17, 15) is 4.79 Å². The lowest BCUT2D eigenvalue weighted by molar-refractivity contribution is -0.116. The number of nitrogens with zero attached hydrogens (tertiary/aromatic N) is 1. The number of thiazole rings is 1. The third-order valence-electron chi connectivity index (χ3n) is 3.93. The van der Waals surface area contributed by atoms with Crippen LogP contribution >= 0.6 is 11.3 Å². The van der Waals surface area contributed by atoms with Gasteiger partial charge < -0.3 is 14.8 Å². The van der Waals surface area contributed by atoms with Crippen LogP contribution in [-0.4, -0.2) is 24.6 Å². The van der Waals surface area contributed by atoms with Gasteiger partial charge in [0.05, 0.1) is 26.0 Å². The number of benzene rings is 2. The van der Waals surface area contributed by atoms with Gasteiger partial charge in [-0.15, -0.1) is 11.3 Å². The molecular weight excluding hydrogens is 372 g/mol. The first-order chi connectivity index (χ1) is 13.7. The summed E-state index contributed by atoms with van der Waals surface area (Å²) in [5, 5.41) is 5.76. The van der Waals surface area contributed by atoms with Gasteiger partial charge in [-0.25, -0.2) is 4.98 Å². The normalized spacial score (nSPS) is 10.8. The fraction of sp³-hybridized carbons (Fsp3) is 0.182. The molecule has 28 heavy (non-hydrogen) atoms. The Kier molecular flexibility index (Phi) is 6.81. The quantitative estimate of drug-likeness (QED) is 0.570. The van der Waals surface area contributed by atoms with Gasteiger partial charge in [0.15, 0.2) is 11.5 Å². The number of methoxy groups -OCH3 is 1. The molecule has 0 radical (unpaired) electrons. The Hall–Kier alpha value is -3.12. The van der Waals surface area contributed by atoms with Crippen LogP contribution in [0.5, 0.6) is 11.5 Å². The van der Waals surface area contributed by atoms with E-state index in [4.69, 9.17) is 9.47 Å². The maximum atomic E-state index is 12.1. The molecule has 0 saturated carbocycles. The first-order valence-electron chi connectivity index (χ1n) is 8.96. The van der Waals surface area contributed by atoms with Crippen LogP contribution in [0.15, 0.2) is 60.0 Å². The third kappa shape index (κ3) is 5.20. The Morgan fingerprint density at radius 1 is 1.18 bits per heavy atom. The van der Waals surface area contributed by atoms with Gasteiger partial charge in [0.2, 0.25) is 5.91 Å². The minimum absolute atomic E-state index is 0.179. The molecule has 144 valence electrons. The average Bonchev–Trinajstić information content (AvgIpc) is 3.21. The number of rotatable bonds is 8. The van der Waals surface area contributed by atoms with Crippen molar-refractivity contribution in [3.8, 4) is 22.1 Å². The molecule has 0 bridgehead atoms. The summed E-state index contributed by atoms with van der Waals surface area (Å²) in [7, 11) is 1.59. The van der Waals surface area contributed by atoms with Crippen molar-refractivity contribution in [1.82, 2.24) is 10.3 Å². The van der Waals surface area contributed by atoms with Gasteiger partial charge in [-0.05, 0) is 30.7 Å². The first-order valence-corrected chi connectivity index (χ1v) is 9.84. The standard InChI is InChI=1S/C22H22N2O3S/c1-3-27-19-11-9-16(13-20(19)26-2)10-12-21(25)23-14-18-15-28-22(24-18)17-7-5-4-6-8-17/h4-13,15H,3,14H2,1-2H3,(H,23,25)/b12-10+. The van der Waals surface area contributed by atoms with Crippen molar-refractivity contribution in [3.63, 3.8) is 0 Å². The number of nitrogens with one attached hydrogen (secondary N) is 1. The molecule has 0 fully saturated rings. The maximum absolute atomic E-state index is 12.1. The van der Waals surface area contributed by atoms with Crippen LogP contribution in [0.2, 0.25) is 0 Å². The average molecular weight is 394 g/mol. The predicted octanol–water partition coefficient (Wildman–Crippen LogP) is 4.55. The van der Waals surface area contributed by atoms with E-state index in [1.165, 1.54) is 6.08 Å². The zero-order valence-corrected chi connectivity index (χ0v) is 16.7. The molecular formula is C22H22N2O3S. The molecule has 1 N–H and O–H groups in total. The molecule has 1 aromatic heterocycles. The highest BCUT2D eigenvalue weighted by Gasteiger charge is 2.06. The lowest BCUT2D eigenvalue weighted by atomic mass is 10.2. The molecule has 0 saturated heterocycles. The number of carbonyl (C=O) groups is 1. The van der Waals surface area contributed by atoms with Gasteiger partial charge in [0.25, 0.3) is 0 Å². The van der Waals surface area contributed by atoms with E-state index < -0.39 is 0 Å². The fourth-order valence-corrected chi connectivity index (χ4v) is 3.40. The number of hydrogen-bond acceptors (Lipinski definition) is 5. The molecule has 0 unspecified atom stereocenters. The number of ether oxygens (including phenoxy) is 2. The molecule has 3 rings (SSSR count). The van der Waals surface area contributed by atoms with Crippen LogP contribution in [0, 0.1) is 0 Å². The lowest BCUT2D eigenvalue weighted by Gasteiger charge is -2.09. The summed E-state index contributed by atoms with van der Waals surface area (Å²) in [6.45, 7) is 2.87. The molecule has 0 atom stereocenters. The monoisotopic (exact) mass is 394 g/mol. The molecule has 5 nitrogen and oxygen atoms in total. The van der Waals surface area contributed by atoms with Crippen molar-refractivity contribution >= 4 is 23.3 Å². The number of aromatic nitrogens is 1. The van der Waals surface area contributed by atoms with Crippen molar-refractivity contribution in [2.24, 2.45) is 0 Å². The van der Waals surface area contributed by atoms with Gasteiger partial charge in [-0.3, -0.25) is 4.79 Å². The van der Waals surface area contributed by atoms with Gasteiger partial charge in [0, 0.05) is 17.0 Å². The zero-order chi connectivity index (χ0) is 19.8. The second-order valence-electron chi connectivity index (χ2n) is 5.90. The van der Waals surface area contributed by atoms with Crippen LogP contribution in [0.3, 0.4) is 0 Å². The molecule has 2 aromatic carbocycles. The molecule has 0 aliphatic carbocycles. The first kappa shape index (κ1) is 19.6. The van der Waals surface area contributed by atoms with Crippen molar-refractivity contribution in [1.29, 1.82) is 0 Å². The highest BCUT2D eigenvalue weighted by atomic mass is 32.1. The van der Waals surface area contributed by atoms with Crippen LogP contribution in [0.1, 0.15) is 18.2 Å². The highest BCUT2D eigenvalue weighted by Crippen LogP contribution is 2.28. The molecule has 1 heterocycles. The molecule has 1 amide bonds. The van der Waals surface area contributed by atoms with Crippen LogP contribution in [0.4, 0.5) is 0 Å². The smallest absolute Gasteiger partial charge is 0.244 e. The Morgan fingerprint density at radius 3 is 2.75 bits per heavy atom. The van der Waals surface area contributed by atoms with Crippen molar-refractivity contribution < 1.29 is 14.3 Å². The van der Waals surface area contributed by atoms with Crippen LogP contribution in [0.25, 0.3) is 16.6 Å². The molecule has 0 aliphatic rings. The zero-order valence-electron chi connectivity index (χ0n) is 15.8. The van der Waals surface area contributed by atoms with E-state index >= 15 is 0 Å². The summed E-state index contributed by atoms with van der Waals surface area (Å²) >= 11 is 1.57. The topological polar surface area (TPSA) is 60.5 Å². The number of carbonyl (C=O) groups excluding carboxylic acids is 1. The van der Waals surface area contributed by atoms with Gasteiger partial charge in [-0.1, -0.05) is 36.4 Å². The summed E-state index contributed by atoms with van der Waals surface area (Å²) < 4.78 is 10.8. The van der Waals surface area contributed by atoms with Crippen molar-refractivity contribution in [3.05, 3.63) is 71.2 Å². The van der Waals surface area contributed by atoms with Crippen LogP contribution in [-0.2, 0) is 11.3 Å². The van der Waals surface area contributed by atoms with E-state index in [-0.39, 0.29) is 5.91 Å². The van der Waals surface area contributed by atoms with Gasteiger partial charge >= 0.3 is 0 Å². The largest absolute Gasteiger partial charge is 0.493 e. The van der Waals surface area contributed by atoms with E-state index in [2.05, 4.69) is 10.3 Å². The summed E-state index contributed by atoms with van der Waals surface area (Å²) in [6.07, 6.45) is 3.24. The molecule has 3 aromatic rings. The molecule has 0 aliphatic heterocycles. The van der Waals surface area contributed by atoms with Crippen LogP contribution < -0.4 is 14.8 Å². The van der Waals surface area contributed by atoms with E-state index in [0.29, 0.717) is 24.7 Å². The number of hydrogen-bond donors (Lipinski definition) is 1. The van der Waals surface area contributed by atoms with Crippen molar-refractivity contribution in [2.45, 2.75) is 13.5 Å². The maximum Gasteiger partial charge on any atom is 0.244 e. The Balaban J connectivity index is 1.56. The molecule has 6 heteroatoms. The Bertz CT molecular complexity index is 951. The summed E-state index contributed by atoms with van der Waals surface area (Å²) in [4.78, 5) is 16.7. The minimum Gasteiger partial charge on any atom is -0.493 e. The highest BCUT2D eigenvalue weighted by molar-refractivity contribution is 7.13. The predicted molar refractivity (Wildman–Crippen MR) is 113 cm³/mol. The fourth-order valence-electron chi connectivity index (χ4n) is 2.57. The second-order valence-corrected chi connectivity index (χ2v) is 6.76. The second kappa shape index (κ2) is 9.71. The van der Waals surface area contributed by atoms with Gasteiger partial charge in [-0.2, -0.15) is 0 Å². The van der Waals surface area contributed by atoms with Crippen molar-refractivity contribution in [2.75, 3.05) is 13.7 Å². The van der Waals surface area contributed by atoms with Gasteiger partial charge in [0.1, 0.15) is 5.01 Å².